The van der Waals surface area contributed by atoms with Crippen LogP contribution in [0.15, 0.2) is 29.1 Å². The molecule has 15 heavy (non-hydrogen) atoms. The number of nitrogens with zero attached hydrogens (tertiary/aromatic N) is 2. The van der Waals surface area contributed by atoms with Gasteiger partial charge in [-0.05, 0) is 18.6 Å². The number of hydrogen-bond acceptors (Lipinski definition) is 3. The molecule has 0 bridgehead atoms. The quantitative estimate of drug-likeness (QED) is 0.633. The van der Waals surface area contributed by atoms with Crippen LogP contribution in [0.1, 0.15) is 12.2 Å². The Labute approximate surface area is 86.1 Å². The van der Waals surface area contributed by atoms with Gasteiger partial charge in [0.25, 0.3) is 5.56 Å². The zero-order chi connectivity index (χ0) is 10.3. The molecule has 0 saturated heterocycles. The van der Waals surface area contributed by atoms with E-state index in [1.165, 1.54) is 4.73 Å². The maximum atomic E-state index is 12.0. The Morgan fingerprint density at radius 1 is 1.33 bits per heavy atom. The number of rotatable bonds is 0. The molecule has 0 saturated carbocycles. The van der Waals surface area contributed by atoms with E-state index < -0.39 is 0 Å². The summed E-state index contributed by atoms with van der Waals surface area (Å²) in [6.07, 6.45) is 1.73. The molecule has 0 unspecified atom stereocenters. The molecular weight excluding hydrogens is 192 g/mol. The van der Waals surface area contributed by atoms with Gasteiger partial charge in [-0.2, -0.15) is 0 Å². The number of aryl methyl sites for hydroxylation is 1. The van der Waals surface area contributed by atoms with E-state index in [2.05, 4.69) is 4.98 Å². The standard InChI is InChI=1S/C11H10N2O2/c14-11-8-4-1-2-5-9(8)12-10-6-3-7-15-13(10)11/h1-2,4-5H,3,6-7H2. The summed E-state index contributed by atoms with van der Waals surface area (Å²) in [5.41, 5.74) is 0.648. The van der Waals surface area contributed by atoms with Crippen molar-refractivity contribution in [1.82, 2.24) is 9.71 Å². The van der Waals surface area contributed by atoms with Crippen molar-refractivity contribution in [1.29, 1.82) is 0 Å². The van der Waals surface area contributed by atoms with Crippen molar-refractivity contribution in [2.24, 2.45) is 0 Å². The van der Waals surface area contributed by atoms with Gasteiger partial charge >= 0.3 is 0 Å². The van der Waals surface area contributed by atoms with Crippen LogP contribution in [0.3, 0.4) is 0 Å². The first-order chi connectivity index (χ1) is 7.36. The minimum atomic E-state index is -0.102. The number of hydrogen-bond donors (Lipinski definition) is 0. The molecule has 1 aliphatic rings. The molecule has 0 aliphatic carbocycles. The van der Waals surface area contributed by atoms with Crippen LogP contribution in [-0.2, 0) is 6.42 Å². The zero-order valence-electron chi connectivity index (χ0n) is 8.14. The Morgan fingerprint density at radius 2 is 2.20 bits per heavy atom. The van der Waals surface area contributed by atoms with E-state index in [4.69, 9.17) is 4.84 Å². The molecule has 1 aliphatic heterocycles. The first-order valence-electron chi connectivity index (χ1n) is 5.00. The minimum Gasteiger partial charge on any atom is -0.409 e. The predicted molar refractivity (Wildman–Crippen MR) is 55.8 cm³/mol. The molecule has 1 aromatic heterocycles. The number of aromatic nitrogens is 2. The van der Waals surface area contributed by atoms with Gasteiger partial charge in [0.2, 0.25) is 0 Å². The van der Waals surface area contributed by atoms with Gasteiger partial charge in [-0.15, -0.1) is 4.73 Å². The van der Waals surface area contributed by atoms with E-state index >= 15 is 0 Å². The van der Waals surface area contributed by atoms with Crippen LogP contribution >= 0.6 is 0 Å². The van der Waals surface area contributed by atoms with Crippen LogP contribution in [0.2, 0.25) is 0 Å². The molecular formula is C11H10N2O2. The number of benzene rings is 1. The van der Waals surface area contributed by atoms with Crippen molar-refractivity contribution in [3.63, 3.8) is 0 Å². The number of para-hydroxylation sites is 1. The van der Waals surface area contributed by atoms with Crippen LogP contribution < -0.4 is 10.4 Å². The lowest BCUT2D eigenvalue weighted by atomic mass is 10.2. The second kappa shape index (κ2) is 3.08. The summed E-state index contributed by atoms with van der Waals surface area (Å²) < 4.78 is 1.33. The zero-order valence-corrected chi connectivity index (χ0v) is 8.14. The van der Waals surface area contributed by atoms with Crippen molar-refractivity contribution >= 4 is 10.9 Å². The van der Waals surface area contributed by atoms with E-state index in [0.717, 1.165) is 24.2 Å². The Morgan fingerprint density at radius 3 is 3.13 bits per heavy atom. The number of fused-ring (bicyclic) bond motifs is 2. The topological polar surface area (TPSA) is 44.1 Å². The summed E-state index contributed by atoms with van der Waals surface area (Å²) in [6, 6.07) is 7.35. The van der Waals surface area contributed by atoms with Crippen molar-refractivity contribution in [2.75, 3.05) is 6.61 Å². The minimum absolute atomic E-state index is 0.102. The fraction of sp³-hybridized carbons (Fsp3) is 0.273. The van der Waals surface area contributed by atoms with E-state index in [1.807, 2.05) is 18.2 Å². The van der Waals surface area contributed by atoms with Crippen molar-refractivity contribution < 1.29 is 4.84 Å². The molecule has 2 heterocycles. The first kappa shape index (κ1) is 8.47. The summed E-state index contributed by atoms with van der Waals surface area (Å²) in [5.74, 6) is 0.727. The van der Waals surface area contributed by atoms with Crippen molar-refractivity contribution in [3.8, 4) is 0 Å². The Balaban J connectivity index is 2.41. The average Bonchev–Trinajstić information content (AvgIpc) is 2.30. The van der Waals surface area contributed by atoms with Gasteiger partial charge in [-0.3, -0.25) is 4.79 Å². The van der Waals surface area contributed by atoms with Crippen molar-refractivity contribution in [3.05, 3.63) is 40.4 Å². The van der Waals surface area contributed by atoms with Crippen LogP contribution in [0.5, 0.6) is 0 Å². The molecule has 0 atom stereocenters. The van der Waals surface area contributed by atoms with Gasteiger partial charge < -0.3 is 4.84 Å². The molecule has 2 aromatic rings. The maximum Gasteiger partial charge on any atom is 0.294 e. The lowest BCUT2D eigenvalue weighted by Crippen LogP contribution is -2.35. The fourth-order valence-corrected chi connectivity index (χ4v) is 1.84. The summed E-state index contributed by atoms with van der Waals surface area (Å²) in [4.78, 5) is 21.7. The normalized spacial score (nSPS) is 14.7. The summed E-state index contributed by atoms with van der Waals surface area (Å²) in [6.45, 7) is 0.590. The SMILES string of the molecule is O=c1c2ccccc2nc2n1OCCC2. The molecule has 4 heteroatoms. The van der Waals surface area contributed by atoms with Crippen LogP contribution in [0, 0.1) is 0 Å². The molecule has 1 aromatic carbocycles. The molecule has 0 N–H and O–H groups in total. The highest BCUT2D eigenvalue weighted by Crippen LogP contribution is 2.10. The highest BCUT2D eigenvalue weighted by molar-refractivity contribution is 5.77. The third-order valence-corrected chi connectivity index (χ3v) is 2.57. The first-order valence-corrected chi connectivity index (χ1v) is 5.00. The third kappa shape index (κ3) is 1.21. The van der Waals surface area contributed by atoms with Gasteiger partial charge in [-0.1, -0.05) is 12.1 Å². The van der Waals surface area contributed by atoms with Gasteiger partial charge in [0.05, 0.1) is 10.9 Å². The smallest absolute Gasteiger partial charge is 0.294 e. The van der Waals surface area contributed by atoms with Gasteiger partial charge in [-0.25, -0.2) is 4.98 Å². The Hall–Kier alpha value is -1.84. The summed E-state index contributed by atoms with van der Waals surface area (Å²) in [5, 5.41) is 0.614. The second-order valence-corrected chi connectivity index (χ2v) is 3.58. The maximum absolute atomic E-state index is 12.0. The summed E-state index contributed by atoms with van der Waals surface area (Å²) in [7, 11) is 0. The van der Waals surface area contributed by atoms with E-state index in [-0.39, 0.29) is 5.56 Å². The predicted octanol–water partition coefficient (Wildman–Crippen LogP) is 0.771. The van der Waals surface area contributed by atoms with Crippen LogP contribution in [-0.4, -0.2) is 16.3 Å². The average molecular weight is 202 g/mol. The third-order valence-electron chi connectivity index (χ3n) is 2.57. The summed E-state index contributed by atoms with van der Waals surface area (Å²) >= 11 is 0. The van der Waals surface area contributed by atoms with Crippen LogP contribution in [0.25, 0.3) is 10.9 Å². The van der Waals surface area contributed by atoms with Gasteiger partial charge in [0.1, 0.15) is 12.4 Å². The molecule has 0 fully saturated rings. The van der Waals surface area contributed by atoms with E-state index in [9.17, 15) is 4.79 Å². The highest BCUT2D eigenvalue weighted by atomic mass is 16.7. The fourth-order valence-electron chi connectivity index (χ4n) is 1.84. The second-order valence-electron chi connectivity index (χ2n) is 3.58. The highest BCUT2D eigenvalue weighted by Gasteiger charge is 2.14. The molecule has 4 nitrogen and oxygen atoms in total. The lowest BCUT2D eigenvalue weighted by Gasteiger charge is -2.17. The van der Waals surface area contributed by atoms with E-state index in [1.54, 1.807) is 6.07 Å². The van der Waals surface area contributed by atoms with Gasteiger partial charge in [0, 0.05) is 6.42 Å². The molecule has 0 amide bonds. The Kier molecular flexibility index (Phi) is 1.74. The van der Waals surface area contributed by atoms with Gasteiger partial charge in [0.15, 0.2) is 0 Å². The van der Waals surface area contributed by atoms with Crippen LogP contribution in [0.4, 0.5) is 0 Å². The molecule has 3 rings (SSSR count). The van der Waals surface area contributed by atoms with E-state index in [0.29, 0.717) is 12.0 Å². The monoisotopic (exact) mass is 202 g/mol. The molecule has 76 valence electrons. The van der Waals surface area contributed by atoms with Crippen molar-refractivity contribution in [2.45, 2.75) is 12.8 Å². The molecule has 0 spiro atoms. The molecule has 0 radical (unpaired) electrons. The Bertz CT molecular complexity index is 574. The largest absolute Gasteiger partial charge is 0.409 e. The lowest BCUT2D eigenvalue weighted by molar-refractivity contribution is 0.0707.